The zero-order valence-corrected chi connectivity index (χ0v) is 15.8. The van der Waals surface area contributed by atoms with Crippen LogP contribution in [0.4, 0.5) is 5.69 Å². The SMILES string of the molecule is Cc1c(NC(C)C(C)C)cccc1C(=O)NCC1(C)CCNCC1. The topological polar surface area (TPSA) is 53.2 Å². The molecule has 0 aromatic heterocycles. The van der Waals surface area contributed by atoms with E-state index in [1.54, 1.807) is 0 Å². The first kappa shape index (κ1) is 18.8. The summed E-state index contributed by atoms with van der Waals surface area (Å²) in [5, 5.41) is 10.1. The average Bonchev–Trinajstić information content (AvgIpc) is 2.55. The minimum absolute atomic E-state index is 0.0353. The van der Waals surface area contributed by atoms with E-state index in [0.29, 0.717) is 12.0 Å². The van der Waals surface area contributed by atoms with E-state index >= 15 is 0 Å². The molecule has 1 aliphatic rings. The molecule has 1 fully saturated rings. The summed E-state index contributed by atoms with van der Waals surface area (Å²) in [4.78, 5) is 12.7. The van der Waals surface area contributed by atoms with E-state index in [1.807, 2.05) is 19.1 Å². The Kier molecular flexibility index (Phi) is 6.27. The Bertz CT molecular complexity index is 562. The van der Waals surface area contributed by atoms with Crippen LogP contribution < -0.4 is 16.0 Å². The second-order valence-corrected chi connectivity index (χ2v) is 7.90. The van der Waals surface area contributed by atoms with Gasteiger partial charge in [-0.15, -0.1) is 0 Å². The van der Waals surface area contributed by atoms with Crippen molar-refractivity contribution in [3.63, 3.8) is 0 Å². The van der Waals surface area contributed by atoms with Crippen LogP contribution in [0.25, 0.3) is 0 Å². The summed E-state index contributed by atoms with van der Waals surface area (Å²) >= 11 is 0. The van der Waals surface area contributed by atoms with E-state index in [9.17, 15) is 4.79 Å². The third kappa shape index (κ3) is 4.73. The number of nitrogens with one attached hydrogen (secondary N) is 3. The highest BCUT2D eigenvalue weighted by Crippen LogP contribution is 2.27. The van der Waals surface area contributed by atoms with Crippen LogP contribution in [0.5, 0.6) is 0 Å². The number of rotatable bonds is 6. The molecule has 1 aliphatic heterocycles. The summed E-state index contributed by atoms with van der Waals surface area (Å²) < 4.78 is 0. The number of benzene rings is 1. The molecule has 1 aromatic rings. The van der Waals surface area contributed by atoms with Crippen LogP contribution in [-0.2, 0) is 0 Å². The number of amides is 1. The molecule has 4 nitrogen and oxygen atoms in total. The van der Waals surface area contributed by atoms with E-state index in [4.69, 9.17) is 0 Å². The maximum Gasteiger partial charge on any atom is 0.251 e. The van der Waals surface area contributed by atoms with Gasteiger partial charge in [0, 0.05) is 23.8 Å². The van der Waals surface area contributed by atoms with Gasteiger partial charge in [0.15, 0.2) is 0 Å². The molecule has 1 amide bonds. The Balaban J connectivity index is 2.04. The minimum Gasteiger partial charge on any atom is -0.382 e. The molecule has 0 radical (unpaired) electrons. The second kappa shape index (κ2) is 8.02. The largest absolute Gasteiger partial charge is 0.382 e. The monoisotopic (exact) mass is 331 g/mol. The van der Waals surface area contributed by atoms with Gasteiger partial charge >= 0.3 is 0 Å². The Labute approximate surface area is 146 Å². The van der Waals surface area contributed by atoms with E-state index < -0.39 is 0 Å². The molecule has 1 atom stereocenters. The minimum atomic E-state index is 0.0353. The molecule has 0 saturated carbocycles. The predicted molar refractivity (Wildman–Crippen MR) is 102 cm³/mol. The molecule has 24 heavy (non-hydrogen) atoms. The second-order valence-electron chi connectivity index (χ2n) is 7.90. The quantitative estimate of drug-likeness (QED) is 0.747. The lowest BCUT2D eigenvalue weighted by molar-refractivity contribution is 0.0921. The van der Waals surface area contributed by atoms with Gasteiger partial charge in [-0.05, 0) is 68.8 Å². The third-order valence-electron chi connectivity index (χ3n) is 5.45. The zero-order valence-electron chi connectivity index (χ0n) is 15.8. The summed E-state index contributed by atoms with van der Waals surface area (Å²) in [5.74, 6) is 0.579. The van der Waals surface area contributed by atoms with Gasteiger partial charge in [-0.1, -0.05) is 26.8 Å². The van der Waals surface area contributed by atoms with E-state index in [2.05, 4.69) is 49.7 Å². The van der Waals surface area contributed by atoms with Crippen LogP contribution in [-0.4, -0.2) is 31.6 Å². The fourth-order valence-electron chi connectivity index (χ4n) is 3.05. The van der Waals surface area contributed by atoms with Gasteiger partial charge in [-0.25, -0.2) is 0 Å². The van der Waals surface area contributed by atoms with E-state index in [-0.39, 0.29) is 11.3 Å². The Morgan fingerprint density at radius 1 is 1.25 bits per heavy atom. The molecule has 1 unspecified atom stereocenters. The smallest absolute Gasteiger partial charge is 0.251 e. The average molecular weight is 332 g/mol. The molecule has 134 valence electrons. The number of hydrogen-bond acceptors (Lipinski definition) is 3. The fourth-order valence-corrected chi connectivity index (χ4v) is 3.05. The van der Waals surface area contributed by atoms with E-state index in [1.165, 1.54) is 0 Å². The van der Waals surface area contributed by atoms with Crippen LogP contribution in [0.1, 0.15) is 56.5 Å². The zero-order chi connectivity index (χ0) is 17.7. The van der Waals surface area contributed by atoms with Gasteiger partial charge in [-0.2, -0.15) is 0 Å². The molecule has 1 saturated heterocycles. The molecule has 0 aliphatic carbocycles. The molecule has 2 rings (SSSR count). The van der Waals surface area contributed by atoms with Crippen molar-refractivity contribution in [2.75, 3.05) is 25.0 Å². The standard InChI is InChI=1S/C20H33N3O/c1-14(2)16(4)23-18-8-6-7-17(15(18)3)19(24)22-13-20(5)9-11-21-12-10-20/h6-8,14,16,21,23H,9-13H2,1-5H3,(H,22,24). The molecule has 0 spiro atoms. The highest BCUT2D eigenvalue weighted by molar-refractivity contribution is 5.97. The summed E-state index contributed by atoms with van der Waals surface area (Å²) in [6.07, 6.45) is 2.22. The van der Waals surface area contributed by atoms with Gasteiger partial charge in [0.1, 0.15) is 0 Å². The van der Waals surface area contributed by atoms with Crippen molar-refractivity contribution in [3.8, 4) is 0 Å². The number of hydrogen-bond donors (Lipinski definition) is 3. The van der Waals surface area contributed by atoms with Crippen molar-refractivity contribution in [2.45, 2.75) is 53.5 Å². The number of anilines is 1. The van der Waals surface area contributed by atoms with Crippen molar-refractivity contribution in [3.05, 3.63) is 29.3 Å². The first-order valence-electron chi connectivity index (χ1n) is 9.17. The molecule has 4 heteroatoms. The van der Waals surface area contributed by atoms with Gasteiger partial charge in [-0.3, -0.25) is 4.79 Å². The predicted octanol–water partition coefficient (Wildman–Crippen LogP) is 3.57. The third-order valence-corrected chi connectivity index (χ3v) is 5.45. The maximum absolute atomic E-state index is 12.7. The summed E-state index contributed by atoms with van der Waals surface area (Å²) in [5.41, 5.74) is 3.06. The van der Waals surface area contributed by atoms with Gasteiger partial charge in [0.05, 0.1) is 0 Å². The molecule has 3 N–H and O–H groups in total. The van der Waals surface area contributed by atoms with Crippen LogP contribution in [0, 0.1) is 18.3 Å². The molecule has 1 heterocycles. The van der Waals surface area contributed by atoms with Crippen molar-refractivity contribution in [2.24, 2.45) is 11.3 Å². The number of carbonyl (C=O) groups excluding carboxylic acids is 1. The van der Waals surface area contributed by atoms with Crippen molar-refractivity contribution < 1.29 is 4.79 Å². The Hall–Kier alpha value is -1.55. The van der Waals surface area contributed by atoms with Gasteiger partial charge in [0.25, 0.3) is 5.91 Å². The van der Waals surface area contributed by atoms with Gasteiger partial charge < -0.3 is 16.0 Å². The highest BCUT2D eigenvalue weighted by Gasteiger charge is 2.27. The van der Waals surface area contributed by atoms with Crippen LogP contribution in [0.2, 0.25) is 0 Å². The van der Waals surface area contributed by atoms with E-state index in [0.717, 1.165) is 49.3 Å². The molecular formula is C20H33N3O. The lowest BCUT2D eigenvalue weighted by Crippen LogP contribution is -2.43. The van der Waals surface area contributed by atoms with Gasteiger partial charge in [0.2, 0.25) is 0 Å². The highest BCUT2D eigenvalue weighted by atomic mass is 16.1. The summed E-state index contributed by atoms with van der Waals surface area (Å²) in [6, 6.07) is 6.30. The van der Waals surface area contributed by atoms with Crippen molar-refractivity contribution in [1.29, 1.82) is 0 Å². The first-order valence-corrected chi connectivity index (χ1v) is 9.17. The normalized spacial score (nSPS) is 18.2. The van der Waals surface area contributed by atoms with Crippen molar-refractivity contribution >= 4 is 11.6 Å². The Morgan fingerprint density at radius 2 is 1.92 bits per heavy atom. The van der Waals surface area contributed by atoms with Crippen LogP contribution in [0.15, 0.2) is 18.2 Å². The molecular weight excluding hydrogens is 298 g/mol. The number of piperidine rings is 1. The lowest BCUT2D eigenvalue weighted by Gasteiger charge is -2.34. The van der Waals surface area contributed by atoms with Crippen LogP contribution >= 0.6 is 0 Å². The van der Waals surface area contributed by atoms with Crippen molar-refractivity contribution in [1.82, 2.24) is 10.6 Å². The number of carbonyl (C=O) groups is 1. The molecule has 1 aromatic carbocycles. The van der Waals surface area contributed by atoms with Crippen LogP contribution in [0.3, 0.4) is 0 Å². The summed E-state index contributed by atoms with van der Waals surface area (Å²) in [6.45, 7) is 13.7. The first-order chi connectivity index (χ1) is 11.3. The Morgan fingerprint density at radius 3 is 2.54 bits per heavy atom. The maximum atomic E-state index is 12.7. The molecule has 0 bridgehead atoms. The summed E-state index contributed by atoms with van der Waals surface area (Å²) in [7, 11) is 0. The lowest BCUT2D eigenvalue weighted by atomic mass is 9.81. The fraction of sp³-hybridized carbons (Fsp3) is 0.650.